The molecule has 0 saturated heterocycles. The molecule has 0 atom stereocenters. The third kappa shape index (κ3) is 3.79. The van der Waals surface area contributed by atoms with Gasteiger partial charge in [0.05, 0.1) is 5.69 Å². The normalized spacial score (nSPS) is 10.2. The van der Waals surface area contributed by atoms with Crippen LogP contribution in [0.15, 0.2) is 48.7 Å². The average molecular weight is 244 g/mol. The third-order valence-corrected chi connectivity index (χ3v) is 3.50. The average Bonchev–Trinajstić information content (AvgIpc) is 2.40. The van der Waals surface area contributed by atoms with Crippen LogP contribution < -0.4 is 5.32 Å². The van der Waals surface area contributed by atoms with E-state index >= 15 is 0 Å². The molecule has 1 aromatic carbocycles. The largest absolute Gasteiger partial charge is 0.388 e. The summed E-state index contributed by atoms with van der Waals surface area (Å²) in [6, 6.07) is 14.6. The Balaban J connectivity index is 1.86. The molecule has 0 fully saturated rings. The van der Waals surface area contributed by atoms with Gasteiger partial charge in [-0.2, -0.15) is 11.8 Å². The molecule has 1 heterocycles. The molecular formula is C14H16N2S. The Hall–Kier alpha value is -1.48. The van der Waals surface area contributed by atoms with E-state index in [4.69, 9.17) is 0 Å². The van der Waals surface area contributed by atoms with Gasteiger partial charge in [-0.05, 0) is 17.7 Å². The number of anilines is 1. The summed E-state index contributed by atoms with van der Waals surface area (Å²) >= 11 is 1.89. The zero-order chi connectivity index (χ0) is 11.9. The molecule has 2 aromatic rings. The predicted molar refractivity (Wildman–Crippen MR) is 75.2 cm³/mol. The predicted octanol–water partition coefficient (Wildman–Crippen LogP) is 3.56. The van der Waals surface area contributed by atoms with Crippen LogP contribution in [0.5, 0.6) is 0 Å². The highest BCUT2D eigenvalue weighted by atomic mass is 32.2. The van der Waals surface area contributed by atoms with Crippen molar-refractivity contribution in [3.8, 4) is 0 Å². The molecular weight excluding hydrogens is 228 g/mol. The first-order valence-corrected chi connectivity index (χ1v) is 6.78. The lowest BCUT2D eigenvalue weighted by Crippen LogP contribution is -1.92. The maximum atomic E-state index is 4.36. The summed E-state index contributed by atoms with van der Waals surface area (Å²) in [5.41, 5.74) is 3.61. The second kappa shape index (κ2) is 6.30. The lowest BCUT2D eigenvalue weighted by Gasteiger charge is -2.04. The summed E-state index contributed by atoms with van der Waals surface area (Å²) in [6.45, 7) is 0. The summed E-state index contributed by atoms with van der Waals surface area (Å²) in [4.78, 5) is 4.36. The Bertz CT molecular complexity index is 457. The van der Waals surface area contributed by atoms with Gasteiger partial charge >= 0.3 is 0 Å². The lowest BCUT2D eigenvalue weighted by molar-refractivity contribution is 1.17. The molecule has 2 nitrogen and oxygen atoms in total. The minimum atomic E-state index is 0.949. The van der Waals surface area contributed by atoms with Crippen LogP contribution in [0.2, 0.25) is 0 Å². The number of benzene rings is 1. The van der Waals surface area contributed by atoms with Crippen molar-refractivity contribution in [2.24, 2.45) is 0 Å². The van der Waals surface area contributed by atoms with E-state index in [1.165, 1.54) is 5.56 Å². The van der Waals surface area contributed by atoms with Crippen LogP contribution in [-0.4, -0.2) is 12.0 Å². The van der Waals surface area contributed by atoms with E-state index in [0.717, 1.165) is 22.9 Å². The molecule has 0 aliphatic heterocycles. The lowest BCUT2D eigenvalue weighted by atomic mass is 10.2. The van der Waals surface area contributed by atoms with Crippen molar-refractivity contribution >= 4 is 17.4 Å². The number of hydrogen-bond acceptors (Lipinski definition) is 3. The van der Waals surface area contributed by atoms with Crippen LogP contribution in [0.4, 0.5) is 5.69 Å². The Morgan fingerprint density at radius 2 is 1.94 bits per heavy atom. The monoisotopic (exact) mass is 244 g/mol. The van der Waals surface area contributed by atoms with E-state index in [-0.39, 0.29) is 0 Å². The smallest absolute Gasteiger partial charge is 0.0523 e. The van der Waals surface area contributed by atoms with E-state index in [2.05, 4.69) is 40.6 Å². The van der Waals surface area contributed by atoms with E-state index < -0.39 is 0 Å². The molecule has 2 rings (SSSR count). The first-order chi connectivity index (χ1) is 8.38. The summed E-state index contributed by atoms with van der Waals surface area (Å²) in [7, 11) is 1.93. The third-order valence-electron chi connectivity index (χ3n) is 2.47. The SMILES string of the molecule is CNc1ccnc(CSCc2ccccc2)c1. The molecule has 0 aliphatic rings. The Morgan fingerprint density at radius 1 is 1.12 bits per heavy atom. The van der Waals surface area contributed by atoms with Gasteiger partial charge in [0.2, 0.25) is 0 Å². The molecule has 88 valence electrons. The first-order valence-electron chi connectivity index (χ1n) is 5.63. The van der Waals surface area contributed by atoms with Crippen LogP contribution in [0.25, 0.3) is 0 Å². The molecule has 0 amide bonds. The zero-order valence-corrected chi connectivity index (χ0v) is 10.7. The highest BCUT2D eigenvalue weighted by molar-refractivity contribution is 7.97. The number of hydrogen-bond donors (Lipinski definition) is 1. The van der Waals surface area contributed by atoms with Crippen molar-refractivity contribution in [1.29, 1.82) is 0 Å². The summed E-state index contributed by atoms with van der Waals surface area (Å²) in [5.74, 6) is 1.98. The van der Waals surface area contributed by atoms with E-state index in [9.17, 15) is 0 Å². The molecule has 0 aliphatic carbocycles. The fourth-order valence-electron chi connectivity index (χ4n) is 1.56. The van der Waals surface area contributed by atoms with E-state index in [0.29, 0.717) is 0 Å². The van der Waals surface area contributed by atoms with Gasteiger partial charge in [-0.1, -0.05) is 30.3 Å². The minimum Gasteiger partial charge on any atom is -0.388 e. The van der Waals surface area contributed by atoms with Crippen molar-refractivity contribution in [2.75, 3.05) is 12.4 Å². The molecule has 3 heteroatoms. The van der Waals surface area contributed by atoms with Crippen molar-refractivity contribution < 1.29 is 0 Å². The number of aromatic nitrogens is 1. The summed E-state index contributed by atoms with van der Waals surface area (Å²) in [5, 5.41) is 3.13. The van der Waals surface area contributed by atoms with Gasteiger partial charge in [0.15, 0.2) is 0 Å². The second-order valence-corrected chi connectivity index (χ2v) is 4.75. The van der Waals surface area contributed by atoms with Gasteiger partial charge in [0.25, 0.3) is 0 Å². The maximum absolute atomic E-state index is 4.36. The maximum Gasteiger partial charge on any atom is 0.0523 e. The minimum absolute atomic E-state index is 0.949. The highest BCUT2D eigenvalue weighted by Crippen LogP contribution is 2.18. The highest BCUT2D eigenvalue weighted by Gasteiger charge is 1.97. The van der Waals surface area contributed by atoms with Crippen LogP contribution >= 0.6 is 11.8 Å². The van der Waals surface area contributed by atoms with Crippen LogP contribution in [0.1, 0.15) is 11.3 Å². The molecule has 0 radical (unpaired) electrons. The molecule has 0 unspecified atom stereocenters. The van der Waals surface area contributed by atoms with Gasteiger partial charge < -0.3 is 5.32 Å². The Morgan fingerprint density at radius 3 is 2.71 bits per heavy atom. The van der Waals surface area contributed by atoms with Crippen LogP contribution in [0, 0.1) is 0 Å². The Labute approximate surface area is 106 Å². The van der Waals surface area contributed by atoms with Gasteiger partial charge in [-0.15, -0.1) is 0 Å². The summed E-state index contributed by atoms with van der Waals surface area (Å²) in [6.07, 6.45) is 1.85. The topological polar surface area (TPSA) is 24.9 Å². The number of pyridine rings is 1. The van der Waals surface area contributed by atoms with Gasteiger partial charge in [0, 0.05) is 30.4 Å². The van der Waals surface area contributed by atoms with E-state index in [1.807, 2.05) is 37.1 Å². The first kappa shape index (κ1) is 12.0. The van der Waals surface area contributed by atoms with E-state index in [1.54, 1.807) is 0 Å². The van der Waals surface area contributed by atoms with Gasteiger partial charge in [-0.3, -0.25) is 4.98 Å². The number of rotatable bonds is 5. The fourth-order valence-corrected chi connectivity index (χ4v) is 2.46. The van der Waals surface area contributed by atoms with Crippen LogP contribution in [0.3, 0.4) is 0 Å². The zero-order valence-electron chi connectivity index (χ0n) is 9.89. The molecule has 1 aromatic heterocycles. The standard InChI is InChI=1S/C14H16N2S/c1-15-13-7-8-16-14(9-13)11-17-10-12-5-3-2-4-6-12/h2-9H,10-11H2,1H3,(H,15,16). The molecule has 0 saturated carbocycles. The van der Waals surface area contributed by atoms with Crippen molar-refractivity contribution in [3.05, 3.63) is 59.9 Å². The summed E-state index contributed by atoms with van der Waals surface area (Å²) < 4.78 is 0. The molecule has 0 spiro atoms. The quantitative estimate of drug-likeness (QED) is 0.870. The Kier molecular flexibility index (Phi) is 4.45. The molecule has 0 bridgehead atoms. The second-order valence-electron chi connectivity index (χ2n) is 3.76. The van der Waals surface area contributed by atoms with Crippen molar-refractivity contribution in [2.45, 2.75) is 11.5 Å². The van der Waals surface area contributed by atoms with Crippen molar-refractivity contribution in [1.82, 2.24) is 4.98 Å². The number of nitrogens with one attached hydrogen (secondary N) is 1. The van der Waals surface area contributed by atoms with Crippen LogP contribution in [-0.2, 0) is 11.5 Å². The molecule has 17 heavy (non-hydrogen) atoms. The number of nitrogens with zero attached hydrogens (tertiary/aromatic N) is 1. The number of thioether (sulfide) groups is 1. The van der Waals surface area contributed by atoms with Gasteiger partial charge in [0.1, 0.15) is 0 Å². The molecule has 1 N–H and O–H groups in total. The van der Waals surface area contributed by atoms with Crippen molar-refractivity contribution in [3.63, 3.8) is 0 Å². The fraction of sp³-hybridized carbons (Fsp3) is 0.214. The van der Waals surface area contributed by atoms with Gasteiger partial charge in [-0.25, -0.2) is 0 Å².